The van der Waals surface area contributed by atoms with E-state index >= 15 is 0 Å². The molecule has 0 N–H and O–H groups in total. The first-order valence-electron chi connectivity index (χ1n) is 8.50. The van der Waals surface area contributed by atoms with E-state index in [1.165, 1.54) is 4.90 Å². The van der Waals surface area contributed by atoms with E-state index in [-0.39, 0.29) is 23.6 Å². The quantitative estimate of drug-likeness (QED) is 0.642. The number of rotatable bonds is 5. The third-order valence-electron chi connectivity index (χ3n) is 4.35. The van der Waals surface area contributed by atoms with Gasteiger partial charge in [0.15, 0.2) is 0 Å². The van der Waals surface area contributed by atoms with Gasteiger partial charge in [-0.15, -0.1) is 0 Å². The summed E-state index contributed by atoms with van der Waals surface area (Å²) in [5.41, 5.74) is 2.65. The molecule has 1 heterocycles. The van der Waals surface area contributed by atoms with Crippen LogP contribution in [0.3, 0.4) is 0 Å². The molecule has 0 bridgehead atoms. The highest BCUT2D eigenvalue weighted by Gasteiger charge is 2.22. The summed E-state index contributed by atoms with van der Waals surface area (Å²) < 4.78 is 10.5. The van der Waals surface area contributed by atoms with Gasteiger partial charge in [0, 0.05) is 12.7 Å². The number of nitrogens with zero attached hydrogens (tertiary/aromatic N) is 2. The standard InChI is InChI=1S/C21H20N2O4/c1-14-19(15(2)27-22-14)13-26-21(25)18-12-8-7-11-17(18)20(24)23(3)16-9-5-4-6-10-16/h4-12H,13H2,1-3H3. The summed E-state index contributed by atoms with van der Waals surface area (Å²) in [6.07, 6.45) is 0. The second kappa shape index (κ2) is 7.86. The number of carbonyl (C=O) groups excluding carboxylic acids is 2. The van der Waals surface area contributed by atoms with Crippen molar-refractivity contribution in [1.82, 2.24) is 5.16 Å². The molecule has 2 aromatic carbocycles. The van der Waals surface area contributed by atoms with Crippen LogP contribution in [0.2, 0.25) is 0 Å². The molecule has 0 aliphatic rings. The minimum Gasteiger partial charge on any atom is -0.457 e. The lowest BCUT2D eigenvalue weighted by Gasteiger charge is -2.18. The van der Waals surface area contributed by atoms with Crippen LogP contribution in [0.15, 0.2) is 59.1 Å². The van der Waals surface area contributed by atoms with Crippen molar-refractivity contribution in [2.24, 2.45) is 0 Å². The van der Waals surface area contributed by atoms with Crippen LogP contribution >= 0.6 is 0 Å². The molecule has 0 saturated heterocycles. The number of hydrogen-bond acceptors (Lipinski definition) is 5. The highest BCUT2D eigenvalue weighted by Crippen LogP contribution is 2.19. The van der Waals surface area contributed by atoms with E-state index in [9.17, 15) is 9.59 Å². The van der Waals surface area contributed by atoms with Crippen molar-refractivity contribution in [1.29, 1.82) is 0 Å². The van der Waals surface area contributed by atoms with Crippen molar-refractivity contribution < 1.29 is 18.8 Å². The fourth-order valence-electron chi connectivity index (χ4n) is 2.72. The predicted molar refractivity (Wildman–Crippen MR) is 101 cm³/mol. The molecule has 6 heteroatoms. The summed E-state index contributed by atoms with van der Waals surface area (Å²) in [7, 11) is 1.67. The van der Waals surface area contributed by atoms with Crippen molar-refractivity contribution in [2.75, 3.05) is 11.9 Å². The lowest BCUT2D eigenvalue weighted by atomic mass is 10.1. The van der Waals surface area contributed by atoms with Gasteiger partial charge in [-0.05, 0) is 38.1 Å². The molecule has 0 unspecified atom stereocenters. The summed E-state index contributed by atoms with van der Waals surface area (Å²) in [4.78, 5) is 27.0. The topological polar surface area (TPSA) is 72.6 Å². The molecule has 27 heavy (non-hydrogen) atoms. The average Bonchev–Trinajstić information content (AvgIpc) is 3.03. The molecular formula is C21H20N2O4. The molecular weight excluding hydrogens is 344 g/mol. The minimum absolute atomic E-state index is 0.0387. The van der Waals surface area contributed by atoms with Crippen LogP contribution in [0.5, 0.6) is 0 Å². The Morgan fingerprint density at radius 1 is 1.00 bits per heavy atom. The van der Waals surface area contributed by atoms with Gasteiger partial charge in [0.1, 0.15) is 12.4 Å². The molecule has 0 spiro atoms. The molecule has 3 rings (SSSR count). The number of ether oxygens (including phenoxy) is 1. The van der Waals surface area contributed by atoms with Crippen LogP contribution in [0, 0.1) is 13.8 Å². The van der Waals surface area contributed by atoms with Gasteiger partial charge in [0.05, 0.1) is 22.4 Å². The number of aromatic nitrogens is 1. The maximum Gasteiger partial charge on any atom is 0.339 e. The first-order valence-corrected chi connectivity index (χ1v) is 8.50. The fourth-order valence-corrected chi connectivity index (χ4v) is 2.72. The zero-order valence-corrected chi connectivity index (χ0v) is 15.4. The van der Waals surface area contributed by atoms with Gasteiger partial charge in [-0.2, -0.15) is 0 Å². The molecule has 0 aliphatic carbocycles. The van der Waals surface area contributed by atoms with Crippen LogP contribution in [-0.2, 0) is 11.3 Å². The van der Waals surface area contributed by atoms with Gasteiger partial charge in [0.25, 0.3) is 5.91 Å². The number of carbonyl (C=O) groups is 2. The molecule has 0 radical (unpaired) electrons. The van der Waals surface area contributed by atoms with E-state index in [0.29, 0.717) is 11.5 Å². The molecule has 3 aromatic rings. The Hall–Kier alpha value is -3.41. The molecule has 0 aliphatic heterocycles. The summed E-state index contributed by atoms with van der Waals surface area (Å²) in [5, 5.41) is 3.84. The summed E-state index contributed by atoms with van der Waals surface area (Å²) in [5.74, 6) is -0.250. The smallest absolute Gasteiger partial charge is 0.339 e. The third kappa shape index (κ3) is 3.89. The van der Waals surface area contributed by atoms with Crippen molar-refractivity contribution in [3.8, 4) is 0 Å². The zero-order valence-electron chi connectivity index (χ0n) is 15.4. The van der Waals surface area contributed by atoms with Gasteiger partial charge >= 0.3 is 5.97 Å². The first kappa shape index (κ1) is 18.4. The first-order chi connectivity index (χ1) is 13.0. The minimum atomic E-state index is -0.569. The number of esters is 1. The average molecular weight is 364 g/mol. The second-order valence-corrected chi connectivity index (χ2v) is 6.12. The summed E-state index contributed by atoms with van der Waals surface area (Å²) in [6, 6.07) is 15.9. The van der Waals surface area contributed by atoms with Crippen LogP contribution in [-0.4, -0.2) is 24.1 Å². The number of aryl methyl sites for hydroxylation is 2. The Balaban J connectivity index is 1.81. The lowest BCUT2D eigenvalue weighted by molar-refractivity contribution is 0.0468. The largest absolute Gasteiger partial charge is 0.457 e. The van der Waals surface area contributed by atoms with Crippen LogP contribution in [0.25, 0.3) is 0 Å². The number of amides is 1. The second-order valence-electron chi connectivity index (χ2n) is 6.12. The van der Waals surface area contributed by atoms with Gasteiger partial charge < -0.3 is 14.2 Å². The van der Waals surface area contributed by atoms with Gasteiger partial charge in [-0.25, -0.2) is 4.79 Å². The molecule has 1 aromatic heterocycles. The van der Waals surface area contributed by atoms with Crippen LogP contribution < -0.4 is 4.90 Å². The third-order valence-corrected chi connectivity index (χ3v) is 4.35. The normalized spacial score (nSPS) is 10.5. The van der Waals surface area contributed by atoms with Crippen molar-refractivity contribution in [3.63, 3.8) is 0 Å². The van der Waals surface area contributed by atoms with Gasteiger partial charge in [0.2, 0.25) is 0 Å². The molecule has 0 fully saturated rings. The van der Waals surface area contributed by atoms with Gasteiger partial charge in [-0.1, -0.05) is 35.5 Å². The highest BCUT2D eigenvalue weighted by molar-refractivity contribution is 6.11. The van der Waals surface area contributed by atoms with E-state index in [1.54, 1.807) is 45.2 Å². The van der Waals surface area contributed by atoms with Crippen LogP contribution in [0.1, 0.15) is 37.7 Å². The Labute approximate surface area is 157 Å². The van der Waals surface area contributed by atoms with Crippen molar-refractivity contribution in [3.05, 3.63) is 82.7 Å². The summed E-state index contributed by atoms with van der Waals surface area (Å²) >= 11 is 0. The number of anilines is 1. The molecule has 0 atom stereocenters. The van der Waals surface area contributed by atoms with E-state index < -0.39 is 5.97 Å². The van der Waals surface area contributed by atoms with Crippen molar-refractivity contribution in [2.45, 2.75) is 20.5 Å². The molecule has 1 amide bonds. The lowest BCUT2D eigenvalue weighted by Crippen LogP contribution is -2.28. The van der Waals surface area contributed by atoms with E-state index in [4.69, 9.17) is 9.26 Å². The molecule has 6 nitrogen and oxygen atoms in total. The fraction of sp³-hybridized carbons (Fsp3) is 0.190. The Morgan fingerprint density at radius 2 is 1.63 bits per heavy atom. The zero-order chi connectivity index (χ0) is 19.4. The maximum atomic E-state index is 12.9. The predicted octanol–water partition coefficient (Wildman–Crippen LogP) is 3.93. The number of hydrogen-bond donors (Lipinski definition) is 0. The van der Waals surface area contributed by atoms with E-state index in [0.717, 1.165) is 11.3 Å². The summed E-state index contributed by atoms with van der Waals surface area (Å²) in [6.45, 7) is 3.58. The Morgan fingerprint density at radius 3 is 2.26 bits per heavy atom. The number of benzene rings is 2. The maximum absolute atomic E-state index is 12.9. The SMILES string of the molecule is Cc1noc(C)c1COC(=O)c1ccccc1C(=O)N(C)c1ccccc1. The van der Waals surface area contributed by atoms with E-state index in [1.807, 2.05) is 30.3 Å². The highest BCUT2D eigenvalue weighted by atomic mass is 16.5. The van der Waals surface area contributed by atoms with Crippen molar-refractivity contribution >= 4 is 17.6 Å². The van der Waals surface area contributed by atoms with E-state index in [2.05, 4.69) is 5.16 Å². The molecule has 0 saturated carbocycles. The van der Waals surface area contributed by atoms with Gasteiger partial charge in [-0.3, -0.25) is 4.79 Å². The van der Waals surface area contributed by atoms with Crippen LogP contribution in [0.4, 0.5) is 5.69 Å². The molecule has 138 valence electrons. The number of para-hydroxylation sites is 1. The Bertz CT molecular complexity index is 944. The monoisotopic (exact) mass is 364 g/mol. The Kier molecular flexibility index (Phi) is 5.35.